The molecule has 8 heteroatoms. The summed E-state index contributed by atoms with van der Waals surface area (Å²) in [5, 5.41) is 4.53. The van der Waals surface area contributed by atoms with E-state index in [1.54, 1.807) is 19.4 Å². The monoisotopic (exact) mass is 385 g/mol. The summed E-state index contributed by atoms with van der Waals surface area (Å²) in [6, 6.07) is 4.42. The van der Waals surface area contributed by atoms with Gasteiger partial charge in [0, 0.05) is 32.0 Å². The van der Waals surface area contributed by atoms with Crippen molar-refractivity contribution in [1.82, 2.24) is 10.2 Å². The molecule has 1 saturated heterocycles. The van der Waals surface area contributed by atoms with Crippen LogP contribution in [0, 0.1) is 6.92 Å². The zero-order valence-corrected chi connectivity index (χ0v) is 15.5. The van der Waals surface area contributed by atoms with E-state index in [9.17, 15) is 13.2 Å². The van der Waals surface area contributed by atoms with Crippen LogP contribution < -0.4 is 11.1 Å². The average molecular weight is 385 g/mol. The Morgan fingerprint density at radius 1 is 1.27 bits per heavy atom. The molecule has 26 heavy (non-hydrogen) atoms. The quantitative estimate of drug-likeness (QED) is 0.828. The summed E-state index contributed by atoms with van der Waals surface area (Å²) < 4.78 is 45.3. The van der Waals surface area contributed by atoms with Crippen molar-refractivity contribution in [3.8, 4) is 0 Å². The van der Waals surface area contributed by atoms with E-state index in [1.807, 2.05) is 0 Å². The first-order valence-electron chi connectivity index (χ1n) is 8.40. The minimum absolute atomic E-state index is 0.211. The number of piperidine rings is 1. The average Bonchev–Trinajstić information content (AvgIpc) is 2.61. The maximum atomic E-state index is 13.3. The molecule has 4 nitrogen and oxygen atoms in total. The molecule has 0 bridgehead atoms. The van der Waals surface area contributed by atoms with E-state index in [0.717, 1.165) is 31.0 Å². The summed E-state index contributed by atoms with van der Waals surface area (Å²) in [7, 11) is 1.70. The van der Waals surface area contributed by atoms with Gasteiger partial charge in [-0.05, 0) is 31.4 Å². The Hall–Kier alpha value is -1.80. The predicted molar refractivity (Wildman–Crippen MR) is 97.7 cm³/mol. The Labute approximate surface area is 155 Å². The number of likely N-dealkylation sites (tertiary alicyclic amines) is 1. The van der Waals surface area contributed by atoms with E-state index in [2.05, 4.69) is 10.2 Å². The molecule has 0 spiro atoms. The fraction of sp³-hybridized carbons (Fsp3) is 0.444. The molecule has 0 aromatic heterocycles. The highest BCUT2D eigenvalue weighted by Crippen LogP contribution is 2.39. The van der Waals surface area contributed by atoms with Gasteiger partial charge in [0.15, 0.2) is 0 Å². The van der Waals surface area contributed by atoms with E-state index >= 15 is 0 Å². The van der Waals surface area contributed by atoms with Crippen LogP contribution in [0.15, 0.2) is 34.5 Å². The second-order valence-corrected chi connectivity index (χ2v) is 7.49. The molecule has 2 aliphatic heterocycles. The molecule has 0 atom stereocenters. The number of thioether (sulfide) groups is 1. The summed E-state index contributed by atoms with van der Waals surface area (Å²) in [5.74, 6) is 0. The molecular formula is C18H22F3N3OS. The molecule has 142 valence electrons. The summed E-state index contributed by atoms with van der Waals surface area (Å²) in [6.07, 6.45) is -0.786. The standard InChI is InChI=1S/C18H22F3N3OS/c1-11-3-4-12(9-14(11)18(19,20)21)16-17(26-15(22)10-23-16)24-7-5-13(25-2)6-8-24/h3-4,9-10,13,23H,5-8,22H2,1-2H3. The number of halogens is 3. The van der Waals surface area contributed by atoms with Crippen molar-refractivity contribution in [2.75, 3.05) is 20.2 Å². The van der Waals surface area contributed by atoms with Gasteiger partial charge in [0.05, 0.1) is 22.4 Å². The molecule has 0 saturated carbocycles. The first-order valence-corrected chi connectivity index (χ1v) is 9.21. The molecule has 0 unspecified atom stereocenters. The van der Waals surface area contributed by atoms with E-state index in [1.165, 1.54) is 30.8 Å². The number of nitrogens with zero attached hydrogens (tertiary/aromatic N) is 1. The van der Waals surface area contributed by atoms with Gasteiger partial charge in [0.2, 0.25) is 0 Å². The first-order chi connectivity index (χ1) is 12.3. The van der Waals surface area contributed by atoms with E-state index in [4.69, 9.17) is 10.5 Å². The number of hydrogen-bond donors (Lipinski definition) is 2. The minimum Gasteiger partial charge on any atom is -0.392 e. The molecule has 2 aliphatic rings. The lowest BCUT2D eigenvalue weighted by Gasteiger charge is -2.36. The molecule has 1 aromatic rings. The number of rotatable bonds is 3. The van der Waals surface area contributed by atoms with Gasteiger partial charge >= 0.3 is 6.18 Å². The van der Waals surface area contributed by atoms with Crippen LogP contribution in [0.2, 0.25) is 0 Å². The molecule has 0 aliphatic carbocycles. The summed E-state index contributed by atoms with van der Waals surface area (Å²) >= 11 is 1.38. The van der Waals surface area contributed by atoms with Gasteiger partial charge in [-0.15, -0.1) is 0 Å². The van der Waals surface area contributed by atoms with Gasteiger partial charge in [-0.3, -0.25) is 0 Å². The number of nitrogens with one attached hydrogen (secondary N) is 1. The summed E-state index contributed by atoms with van der Waals surface area (Å²) in [5.41, 5.74) is 6.70. The molecule has 0 radical (unpaired) electrons. The zero-order chi connectivity index (χ0) is 18.9. The van der Waals surface area contributed by atoms with Crippen LogP contribution in [0.25, 0.3) is 5.70 Å². The van der Waals surface area contributed by atoms with Crippen molar-refractivity contribution in [2.45, 2.75) is 32.0 Å². The summed E-state index contributed by atoms with van der Waals surface area (Å²) in [4.78, 5) is 2.16. The van der Waals surface area contributed by atoms with Crippen LogP contribution in [0.5, 0.6) is 0 Å². The minimum atomic E-state index is -4.38. The lowest BCUT2D eigenvalue weighted by Crippen LogP contribution is -2.37. The molecule has 3 rings (SSSR count). The fourth-order valence-corrected chi connectivity index (χ4v) is 4.14. The second-order valence-electron chi connectivity index (χ2n) is 6.42. The van der Waals surface area contributed by atoms with E-state index in [-0.39, 0.29) is 11.7 Å². The van der Waals surface area contributed by atoms with Crippen molar-refractivity contribution < 1.29 is 17.9 Å². The Balaban J connectivity index is 1.97. The number of benzene rings is 1. The Bertz CT molecular complexity index is 738. The SMILES string of the molecule is COC1CCN(C2=C(c3ccc(C)c(C(F)(F)F)c3)NC=C(N)S2)CC1. The lowest BCUT2D eigenvalue weighted by atomic mass is 10.0. The van der Waals surface area contributed by atoms with Crippen LogP contribution in [0.3, 0.4) is 0 Å². The maximum absolute atomic E-state index is 13.3. The summed E-state index contributed by atoms with van der Waals surface area (Å²) in [6.45, 7) is 3.02. The van der Waals surface area contributed by atoms with Crippen molar-refractivity contribution in [1.29, 1.82) is 0 Å². The molecule has 2 heterocycles. The van der Waals surface area contributed by atoms with Crippen molar-refractivity contribution in [2.24, 2.45) is 5.73 Å². The van der Waals surface area contributed by atoms with Gasteiger partial charge in [0.1, 0.15) is 5.03 Å². The molecule has 0 amide bonds. The Morgan fingerprint density at radius 2 is 1.96 bits per heavy atom. The lowest BCUT2D eigenvalue weighted by molar-refractivity contribution is -0.138. The van der Waals surface area contributed by atoms with Crippen LogP contribution in [0.1, 0.15) is 29.5 Å². The number of hydrogen-bond acceptors (Lipinski definition) is 5. The van der Waals surface area contributed by atoms with Crippen LogP contribution in [-0.4, -0.2) is 31.2 Å². The first kappa shape index (κ1) is 19.0. The highest BCUT2D eigenvalue weighted by molar-refractivity contribution is 8.06. The van der Waals surface area contributed by atoms with Crippen molar-refractivity contribution in [3.63, 3.8) is 0 Å². The van der Waals surface area contributed by atoms with Crippen molar-refractivity contribution in [3.05, 3.63) is 51.1 Å². The van der Waals surface area contributed by atoms with Gasteiger partial charge < -0.3 is 20.7 Å². The van der Waals surface area contributed by atoms with Crippen LogP contribution in [-0.2, 0) is 10.9 Å². The van der Waals surface area contributed by atoms with E-state index < -0.39 is 11.7 Å². The topological polar surface area (TPSA) is 50.5 Å². The second kappa shape index (κ2) is 7.44. The van der Waals surface area contributed by atoms with Crippen LogP contribution >= 0.6 is 11.8 Å². The Kier molecular flexibility index (Phi) is 5.43. The fourth-order valence-electron chi connectivity index (χ4n) is 3.20. The molecule has 1 aromatic carbocycles. The normalized spacial score (nSPS) is 19.4. The van der Waals surface area contributed by atoms with Crippen LogP contribution in [0.4, 0.5) is 13.2 Å². The van der Waals surface area contributed by atoms with Gasteiger partial charge in [0.25, 0.3) is 0 Å². The highest BCUT2D eigenvalue weighted by atomic mass is 32.2. The van der Waals surface area contributed by atoms with Gasteiger partial charge in [-0.1, -0.05) is 23.9 Å². The zero-order valence-electron chi connectivity index (χ0n) is 14.7. The number of alkyl halides is 3. The third-order valence-corrected chi connectivity index (χ3v) is 5.69. The van der Waals surface area contributed by atoms with Gasteiger partial charge in [-0.25, -0.2) is 0 Å². The molecular weight excluding hydrogens is 363 g/mol. The van der Waals surface area contributed by atoms with E-state index in [0.29, 0.717) is 16.3 Å². The molecule has 1 fully saturated rings. The van der Waals surface area contributed by atoms with Gasteiger partial charge in [-0.2, -0.15) is 13.2 Å². The largest absolute Gasteiger partial charge is 0.416 e. The molecule has 3 N–H and O–H groups in total. The number of methoxy groups -OCH3 is 1. The maximum Gasteiger partial charge on any atom is 0.416 e. The number of aryl methyl sites for hydroxylation is 1. The number of nitrogens with two attached hydrogens (primary N) is 1. The highest BCUT2D eigenvalue weighted by Gasteiger charge is 2.33. The Morgan fingerprint density at radius 3 is 2.58 bits per heavy atom. The third-order valence-electron chi connectivity index (χ3n) is 4.68. The number of ether oxygens (including phenoxy) is 1. The van der Waals surface area contributed by atoms with Crippen molar-refractivity contribution >= 4 is 17.5 Å². The third kappa shape index (κ3) is 3.96. The predicted octanol–water partition coefficient (Wildman–Crippen LogP) is 3.84. The smallest absolute Gasteiger partial charge is 0.392 e.